The van der Waals surface area contributed by atoms with Crippen LogP contribution in [0.3, 0.4) is 0 Å². The van der Waals surface area contributed by atoms with Crippen LogP contribution in [0.5, 0.6) is 0 Å². The Morgan fingerprint density at radius 3 is 1.81 bits per heavy atom. The predicted molar refractivity (Wildman–Crippen MR) is 138 cm³/mol. The van der Waals surface area contributed by atoms with Gasteiger partial charge in [-0.1, -0.05) is 91.0 Å². The lowest BCUT2D eigenvalue weighted by atomic mass is 10.0. The lowest BCUT2D eigenvalue weighted by molar-refractivity contribution is -0.154. The summed E-state index contributed by atoms with van der Waals surface area (Å²) in [6, 6.07) is 28.5. The summed E-state index contributed by atoms with van der Waals surface area (Å²) >= 11 is 0. The zero-order valence-electron chi connectivity index (χ0n) is 21.2. The van der Waals surface area contributed by atoms with Crippen LogP contribution in [0.1, 0.15) is 23.6 Å². The second kappa shape index (κ2) is 13.1. The monoisotopic (exact) mass is 503 g/mol. The summed E-state index contributed by atoms with van der Waals surface area (Å²) in [4.78, 5) is 27.0. The molecule has 0 N–H and O–H groups in total. The quantitative estimate of drug-likeness (QED) is 0.346. The van der Waals surface area contributed by atoms with E-state index >= 15 is 0 Å². The number of esters is 1. The van der Waals surface area contributed by atoms with Gasteiger partial charge < -0.3 is 23.8 Å². The number of hydrogen-bond donors (Lipinski definition) is 0. The molecule has 0 spiro atoms. The molecular formula is C30H33NO6. The second-order valence-electron chi connectivity index (χ2n) is 9.08. The van der Waals surface area contributed by atoms with Gasteiger partial charge in [0, 0.05) is 14.0 Å². The number of likely N-dealkylation sites (N-methyl/N-ethyl adjacent to an activating group) is 1. The van der Waals surface area contributed by atoms with Crippen LogP contribution < -0.4 is 0 Å². The summed E-state index contributed by atoms with van der Waals surface area (Å²) in [5.41, 5.74) is 2.90. The summed E-state index contributed by atoms with van der Waals surface area (Å²) in [5.74, 6) is -0.677. The Morgan fingerprint density at radius 2 is 1.30 bits per heavy atom. The first-order valence-electron chi connectivity index (χ1n) is 12.4. The van der Waals surface area contributed by atoms with E-state index in [0.717, 1.165) is 16.7 Å². The molecule has 0 saturated carbocycles. The van der Waals surface area contributed by atoms with Gasteiger partial charge >= 0.3 is 5.97 Å². The van der Waals surface area contributed by atoms with Gasteiger partial charge in [-0.2, -0.15) is 0 Å². The van der Waals surface area contributed by atoms with Crippen molar-refractivity contribution in [3.05, 3.63) is 108 Å². The predicted octanol–water partition coefficient (Wildman–Crippen LogP) is 4.15. The number of benzene rings is 3. The van der Waals surface area contributed by atoms with Crippen LogP contribution in [0, 0.1) is 0 Å². The first-order valence-corrected chi connectivity index (χ1v) is 12.4. The van der Waals surface area contributed by atoms with Crippen molar-refractivity contribution in [2.45, 2.75) is 51.1 Å². The van der Waals surface area contributed by atoms with E-state index in [1.165, 1.54) is 6.92 Å². The van der Waals surface area contributed by atoms with Crippen LogP contribution in [0.15, 0.2) is 91.0 Å². The fourth-order valence-corrected chi connectivity index (χ4v) is 4.28. The fraction of sp³-hybridized carbons (Fsp3) is 0.333. The molecule has 7 heteroatoms. The van der Waals surface area contributed by atoms with Crippen molar-refractivity contribution in [1.82, 2.24) is 4.90 Å². The van der Waals surface area contributed by atoms with Crippen LogP contribution in [0.4, 0.5) is 0 Å². The summed E-state index contributed by atoms with van der Waals surface area (Å²) in [6.07, 6.45) is -2.43. The molecule has 1 aliphatic heterocycles. The molecule has 1 aliphatic rings. The van der Waals surface area contributed by atoms with Gasteiger partial charge in [-0.25, -0.2) is 4.79 Å². The van der Waals surface area contributed by atoms with Gasteiger partial charge in [0.05, 0.1) is 32.5 Å². The van der Waals surface area contributed by atoms with Crippen LogP contribution in [-0.4, -0.2) is 54.8 Å². The lowest BCUT2D eigenvalue weighted by Crippen LogP contribution is -2.52. The van der Waals surface area contributed by atoms with Gasteiger partial charge in [-0.15, -0.1) is 0 Å². The molecule has 3 aromatic rings. The van der Waals surface area contributed by atoms with E-state index in [1.807, 2.05) is 91.0 Å². The SMILES string of the molecule is CC(=O)N(C)[C@H](COCc1ccccc1)[C@H]1OC(=O)[C@H](OCc2ccccc2)[C@H]1OCc1ccccc1. The topological polar surface area (TPSA) is 74.3 Å². The number of ether oxygens (including phenoxy) is 4. The van der Waals surface area contributed by atoms with Crippen molar-refractivity contribution in [1.29, 1.82) is 0 Å². The third-order valence-corrected chi connectivity index (χ3v) is 6.44. The minimum absolute atomic E-state index is 0.166. The van der Waals surface area contributed by atoms with E-state index in [4.69, 9.17) is 18.9 Å². The summed E-state index contributed by atoms with van der Waals surface area (Å²) < 4.78 is 24.2. The molecule has 0 aliphatic carbocycles. The van der Waals surface area contributed by atoms with Crippen molar-refractivity contribution in [3.63, 3.8) is 0 Å². The Morgan fingerprint density at radius 1 is 0.811 bits per heavy atom. The lowest BCUT2D eigenvalue weighted by Gasteiger charge is -2.34. The molecular weight excluding hydrogens is 470 g/mol. The zero-order valence-corrected chi connectivity index (χ0v) is 21.2. The molecule has 0 radical (unpaired) electrons. The smallest absolute Gasteiger partial charge is 0.338 e. The van der Waals surface area contributed by atoms with Crippen molar-refractivity contribution in [2.24, 2.45) is 0 Å². The molecule has 37 heavy (non-hydrogen) atoms. The van der Waals surface area contributed by atoms with E-state index in [0.29, 0.717) is 6.61 Å². The number of carbonyl (C=O) groups excluding carboxylic acids is 2. The highest BCUT2D eigenvalue weighted by molar-refractivity contribution is 5.79. The van der Waals surface area contributed by atoms with Gasteiger partial charge in [-0.3, -0.25) is 4.79 Å². The van der Waals surface area contributed by atoms with Gasteiger partial charge in [0.1, 0.15) is 6.10 Å². The van der Waals surface area contributed by atoms with Crippen LogP contribution in [-0.2, 0) is 48.4 Å². The standard InChI is InChI=1S/C30H33NO6/c1-22(32)31(2)26(21-34-18-23-12-6-3-7-13-23)27-28(35-19-24-14-8-4-9-15-24)29(30(33)37-27)36-20-25-16-10-5-11-17-25/h3-17,26-29H,18-21H2,1-2H3/t26-,27-,28+,29-/m1/s1. The Kier molecular flexibility index (Phi) is 9.43. The summed E-state index contributed by atoms with van der Waals surface area (Å²) in [7, 11) is 1.68. The molecule has 4 rings (SSSR count). The van der Waals surface area contributed by atoms with E-state index in [2.05, 4.69) is 0 Å². The summed E-state index contributed by atoms with van der Waals surface area (Å²) in [5, 5.41) is 0. The molecule has 4 atom stereocenters. The van der Waals surface area contributed by atoms with Crippen molar-refractivity contribution in [2.75, 3.05) is 13.7 Å². The number of rotatable bonds is 12. The van der Waals surface area contributed by atoms with E-state index in [9.17, 15) is 9.59 Å². The normalized spacial score (nSPS) is 19.8. The largest absolute Gasteiger partial charge is 0.455 e. The van der Waals surface area contributed by atoms with Crippen LogP contribution in [0.2, 0.25) is 0 Å². The van der Waals surface area contributed by atoms with E-state index in [1.54, 1.807) is 11.9 Å². The number of cyclic esters (lactones) is 1. The van der Waals surface area contributed by atoms with Crippen molar-refractivity contribution >= 4 is 11.9 Å². The maximum Gasteiger partial charge on any atom is 0.338 e. The third-order valence-electron chi connectivity index (χ3n) is 6.44. The third kappa shape index (κ3) is 7.26. The molecule has 7 nitrogen and oxygen atoms in total. The number of hydrogen-bond acceptors (Lipinski definition) is 6. The van der Waals surface area contributed by atoms with Gasteiger partial charge in [0.15, 0.2) is 12.2 Å². The minimum atomic E-state index is -0.939. The highest BCUT2D eigenvalue weighted by atomic mass is 16.6. The first-order chi connectivity index (χ1) is 18.0. The highest BCUT2D eigenvalue weighted by Gasteiger charge is 2.51. The molecule has 0 unspecified atom stereocenters. The van der Waals surface area contributed by atoms with Crippen LogP contribution in [0.25, 0.3) is 0 Å². The molecule has 1 fully saturated rings. The van der Waals surface area contributed by atoms with E-state index < -0.39 is 30.3 Å². The summed E-state index contributed by atoms with van der Waals surface area (Å²) in [6.45, 7) is 2.51. The van der Waals surface area contributed by atoms with Gasteiger partial charge in [-0.05, 0) is 16.7 Å². The maximum atomic E-state index is 13.0. The molecule has 1 heterocycles. The van der Waals surface area contributed by atoms with E-state index in [-0.39, 0.29) is 25.7 Å². The van der Waals surface area contributed by atoms with Crippen molar-refractivity contribution in [3.8, 4) is 0 Å². The average molecular weight is 504 g/mol. The number of nitrogens with zero attached hydrogens (tertiary/aromatic N) is 1. The van der Waals surface area contributed by atoms with Gasteiger partial charge in [0.25, 0.3) is 0 Å². The Hall–Kier alpha value is -3.52. The molecule has 3 aromatic carbocycles. The highest BCUT2D eigenvalue weighted by Crippen LogP contribution is 2.29. The molecule has 0 aromatic heterocycles. The maximum absolute atomic E-state index is 13.0. The number of amides is 1. The Bertz CT molecular complexity index is 1120. The zero-order chi connectivity index (χ0) is 26.0. The minimum Gasteiger partial charge on any atom is -0.455 e. The average Bonchev–Trinajstić information content (AvgIpc) is 3.24. The number of carbonyl (C=O) groups is 2. The molecule has 0 bridgehead atoms. The van der Waals surface area contributed by atoms with Gasteiger partial charge in [0.2, 0.25) is 5.91 Å². The fourth-order valence-electron chi connectivity index (χ4n) is 4.28. The molecule has 1 saturated heterocycles. The second-order valence-corrected chi connectivity index (χ2v) is 9.08. The molecule has 1 amide bonds. The molecule has 194 valence electrons. The van der Waals surface area contributed by atoms with Crippen LogP contribution >= 0.6 is 0 Å². The Labute approximate surface area is 217 Å². The van der Waals surface area contributed by atoms with Crippen molar-refractivity contribution < 1.29 is 28.5 Å². The Balaban J connectivity index is 1.53. The first kappa shape index (κ1) is 26.5.